The van der Waals surface area contributed by atoms with Crippen LogP contribution in [0.2, 0.25) is 0 Å². The maximum Gasteiger partial charge on any atom is 0.313 e. The molecular formula is C16H22O6. The van der Waals surface area contributed by atoms with Gasteiger partial charge in [-0.25, -0.2) is 0 Å². The molecule has 3 rings (SSSR count). The Morgan fingerprint density at radius 3 is 2.23 bits per heavy atom. The molecule has 22 heavy (non-hydrogen) atoms. The Morgan fingerprint density at radius 1 is 1.14 bits per heavy atom. The zero-order valence-electron chi connectivity index (χ0n) is 12.9. The van der Waals surface area contributed by atoms with E-state index in [9.17, 15) is 9.59 Å². The van der Waals surface area contributed by atoms with Crippen LogP contribution in [0.5, 0.6) is 0 Å². The van der Waals surface area contributed by atoms with Crippen molar-refractivity contribution in [3.63, 3.8) is 0 Å². The number of hydrogen-bond acceptors (Lipinski definition) is 6. The minimum atomic E-state index is -0.567. The molecule has 0 aromatic rings. The minimum Gasteiger partial charge on any atom is -0.463 e. The van der Waals surface area contributed by atoms with Gasteiger partial charge in [-0.05, 0) is 19.3 Å². The molecular weight excluding hydrogens is 288 g/mol. The largest absolute Gasteiger partial charge is 0.463 e. The summed E-state index contributed by atoms with van der Waals surface area (Å²) in [6, 6.07) is 0. The number of epoxide rings is 2. The Labute approximate surface area is 129 Å². The van der Waals surface area contributed by atoms with Crippen LogP contribution < -0.4 is 0 Å². The molecule has 0 radical (unpaired) electrons. The van der Waals surface area contributed by atoms with Crippen LogP contribution in [0, 0.1) is 17.8 Å². The lowest BCUT2D eigenvalue weighted by molar-refractivity contribution is -0.160. The molecule has 122 valence electrons. The molecule has 3 aliphatic rings. The number of rotatable bonds is 6. The molecule has 5 atom stereocenters. The van der Waals surface area contributed by atoms with Gasteiger partial charge in [-0.15, -0.1) is 0 Å². The lowest BCUT2D eigenvalue weighted by atomic mass is 9.76. The lowest BCUT2D eigenvalue weighted by Gasteiger charge is -2.30. The summed E-state index contributed by atoms with van der Waals surface area (Å²) in [5, 5.41) is 0. The molecule has 5 unspecified atom stereocenters. The highest BCUT2D eigenvalue weighted by Crippen LogP contribution is 2.35. The molecule has 0 bridgehead atoms. The maximum absolute atomic E-state index is 12.3. The van der Waals surface area contributed by atoms with Gasteiger partial charge in [-0.2, -0.15) is 0 Å². The summed E-state index contributed by atoms with van der Waals surface area (Å²) in [5.41, 5.74) is 1.11. The van der Waals surface area contributed by atoms with Crippen molar-refractivity contribution in [2.75, 3.05) is 26.4 Å². The van der Waals surface area contributed by atoms with E-state index in [4.69, 9.17) is 18.9 Å². The summed E-state index contributed by atoms with van der Waals surface area (Å²) in [6.07, 6.45) is 2.50. The molecule has 6 heteroatoms. The van der Waals surface area contributed by atoms with Crippen LogP contribution in [0.3, 0.4) is 0 Å². The van der Waals surface area contributed by atoms with E-state index >= 15 is 0 Å². The van der Waals surface area contributed by atoms with Crippen molar-refractivity contribution in [1.29, 1.82) is 0 Å². The van der Waals surface area contributed by atoms with Crippen molar-refractivity contribution in [1.82, 2.24) is 0 Å². The van der Waals surface area contributed by atoms with Gasteiger partial charge in [0.15, 0.2) is 0 Å². The zero-order valence-corrected chi connectivity index (χ0v) is 12.9. The van der Waals surface area contributed by atoms with Gasteiger partial charge in [0, 0.05) is 0 Å². The summed E-state index contributed by atoms with van der Waals surface area (Å²) >= 11 is 0. The molecule has 0 N–H and O–H groups in total. The van der Waals surface area contributed by atoms with E-state index in [1.165, 1.54) is 0 Å². The standard InChI is InChI=1S/C16H22O6/c1-9-3-13(15(17)21-7-11-5-19-11)14(4-10(9)2)16(18)22-8-12-6-20-12/h3,10-14H,4-8H2,1-2H3. The van der Waals surface area contributed by atoms with E-state index in [2.05, 4.69) is 6.92 Å². The van der Waals surface area contributed by atoms with Crippen molar-refractivity contribution in [3.05, 3.63) is 11.6 Å². The Hall–Kier alpha value is -1.40. The summed E-state index contributed by atoms with van der Waals surface area (Å²) in [4.78, 5) is 24.6. The molecule has 0 spiro atoms. The van der Waals surface area contributed by atoms with Crippen LogP contribution in [0.1, 0.15) is 20.3 Å². The topological polar surface area (TPSA) is 77.7 Å². The fraction of sp³-hybridized carbons (Fsp3) is 0.750. The molecule has 0 amide bonds. The van der Waals surface area contributed by atoms with E-state index in [0.717, 1.165) is 5.57 Å². The van der Waals surface area contributed by atoms with E-state index in [-0.39, 0.29) is 43.3 Å². The zero-order chi connectivity index (χ0) is 15.7. The van der Waals surface area contributed by atoms with Gasteiger partial charge in [0.1, 0.15) is 25.4 Å². The molecule has 0 aromatic heterocycles. The highest BCUT2D eigenvalue weighted by atomic mass is 16.6. The Morgan fingerprint density at radius 2 is 1.68 bits per heavy atom. The van der Waals surface area contributed by atoms with Crippen LogP contribution in [-0.2, 0) is 28.5 Å². The average Bonchev–Trinajstić information content (AvgIpc) is 3.38. The second kappa shape index (κ2) is 6.38. The van der Waals surface area contributed by atoms with E-state index < -0.39 is 11.8 Å². The summed E-state index contributed by atoms with van der Waals surface area (Å²) < 4.78 is 20.6. The van der Waals surface area contributed by atoms with Crippen LogP contribution in [-0.4, -0.2) is 50.6 Å². The lowest BCUT2D eigenvalue weighted by Crippen LogP contribution is -2.36. The van der Waals surface area contributed by atoms with Crippen molar-refractivity contribution < 1.29 is 28.5 Å². The third-order valence-electron chi connectivity index (χ3n) is 4.46. The predicted molar refractivity (Wildman–Crippen MR) is 75.9 cm³/mol. The van der Waals surface area contributed by atoms with Crippen LogP contribution in [0.15, 0.2) is 11.6 Å². The molecule has 2 heterocycles. The van der Waals surface area contributed by atoms with Gasteiger partial charge in [-0.3, -0.25) is 9.59 Å². The fourth-order valence-corrected chi connectivity index (χ4v) is 2.63. The Balaban J connectivity index is 1.63. The van der Waals surface area contributed by atoms with Crippen molar-refractivity contribution in [2.24, 2.45) is 17.8 Å². The normalized spacial score (nSPS) is 36.3. The minimum absolute atomic E-state index is 0.0222. The Kier molecular flexibility index (Phi) is 4.49. The summed E-state index contributed by atoms with van der Waals surface area (Å²) in [6.45, 7) is 5.83. The number of hydrogen-bond donors (Lipinski definition) is 0. The Bertz CT molecular complexity index is 477. The van der Waals surface area contributed by atoms with Crippen LogP contribution in [0.4, 0.5) is 0 Å². The first kappa shape index (κ1) is 15.5. The third-order valence-corrected chi connectivity index (χ3v) is 4.46. The molecule has 2 fully saturated rings. The second-order valence-corrected chi connectivity index (χ2v) is 6.35. The molecule has 0 aromatic carbocycles. The van der Waals surface area contributed by atoms with Gasteiger partial charge in [0.05, 0.1) is 25.0 Å². The van der Waals surface area contributed by atoms with Crippen LogP contribution in [0.25, 0.3) is 0 Å². The second-order valence-electron chi connectivity index (χ2n) is 6.35. The van der Waals surface area contributed by atoms with Crippen molar-refractivity contribution in [3.8, 4) is 0 Å². The van der Waals surface area contributed by atoms with E-state index in [1.54, 1.807) is 0 Å². The first-order chi connectivity index (χ1) is 10.5. The first-order valence-electron chi connectivity index (χ1n) is 7.79. The van der Waals surface area contributed by atoms with Gasteiger partial charge in [0.25, 0.3) is 0 Å². The van der Waals surface area contributed by atoms with Gasteiger partial charge in [0.2, 0.25) is 0 Å². The third kappa shape index (κ3) is 3.87. The van der Waals surface area contributed by atoms with Crippen LogP contribution >= 0.6 is 0 Å². The highest BCUT2D eigenvalue weighted by molar-refractivity contribution is 5.84. The summed E-state index contributed by atoms with van der Waals surface area (Å²) in [5.74, 6) is -1.50. The molecule has 2 aliphatic heterocycles. The molecule has 1 aliphatic carbocycles. The van der Waals surface area contributed by atoms with Gasteiger partial charge >= 0.3 is 11.9 Å². The van der Waals surface area contributed by atoms with Gasteiger partial charge in [-0.1, -0.05) is 18.6 Å². The van der Waals surface area contributed by atoms with E-state index in [1.807, 2.05) is 13.0 Å². The highest BCUT2D eigenvalue weighted by Gasteiger charge is 2.40. The smallest absolute Gasteiger partial charge is 0.313 e. The number of allylic oxidation sites excluding steroid dienone is 1. The predicted octanol–water partition coefficient (Wildman–Crippen LogP) is 1.09. The monoisotopic (exact) mass is 310 g/mol. The molecule has 6 nitrogen and oxygen atoms in total. The maximum atomic E-state index is 12.3. The number of carbonyl (C=O) groups is 2. The molecule has 0 saturated carbocycles. The SMILES string of the molecule is CC1=CC(C(=O)OCC2CO2)C(C(=O)OCC2CO2)CC1C. The van der Waals surface area contributed by atoms with E-state index in [0.29, 0.717) is 19.6 Å². The number of ether oxygens (including phenoxy) is 4. The average molecular weight is 310 g/mol. The number of carbonyl (C=O) groups excluding carboxylic acids is 2. The quantitative estimate of drug-likeness (QED) is 0.415. The first-order valence-corrected chi connectivity index (χ1v) is 7.79. The van der Waals surface area contributed by atoms with Crippen molar-refractivity contribution in [2.45, 2.75) is 32.5 Å². The fourth-order valence-electron chi connectivity index (χ4n) is 2.63. The molecule has 2 saturated heterocycles. The van der Waals surface area contributed by atoms with Gasteiger partial charge < -0.3 is 18.9 Å². The number of esters is 2. The summed E-state index contributed by atoms with van der Waals surface area (Å²) in [7, 11) is 0. The van der Waals surface area contributed by atoms with Crippen molar-refractivity contribution >= 4 is 11.9 Å².